The second-order valence-electron chi connectivity index (χ2n) is 3.78. The van der Waals surface area contributed by atoms with E-state index >= 15 is 0 Å². The zero-order valence-electron chi connectivity index (χ0n) is 9.23. The van der Waals surface area contributed by atoms with Gasteiger partial charge in [-0.1, -0.05) is 17.3 Å². The molecule has 1 aromatic heterocycles. The number of hydrogen-bond donors (Lipinski definition) is 2. The second-order valence-corrected chi connectivity index (χ2v) is 3.78. The van der Waals surface area contributed by atoms with Crippen molar-refractivity contribution in [1.29, 1.82) is 0 Å². The molecule has 0 fully saturated rings. The molecule has 0 radical (unpaired) electrons. The molecule has 0 saturated carbocycles. The Morgan fingerprint density at radius 1 is 1.31 bits per heavy atom. The van der Waals surface area contributed by atoms with Crippen LogP contribution in [0.15, 0.2) is 34.9 Å². The fraction of sp³-hybridized carbons (Fsp3) is 0.250. The first-order valence-electron chi connectivity index (χ1n) is 5.21. The maximum absolute atomic E-state index is 5.69. The summed E-state index contributed by atoms with van der Waals surface area (Å²) in [5.41, 5.74) is 8.56. The van der Waals surface area contributed by atoms with Gasteiger partial charge in [0.15, 0.2) is 0 Å². The van der Waals surface area contributed by atoms with Crippen LogP contribution in [0, 0.1) is 6.92 Å². The molecule has 0 amide bonds. The van der Waals surface area contributed by atoms with Crippen molar-refractivity contribution < 1.29 is 4.52 Å². The quantitative estimate of drug-likeness (QED) is 0.767. The van der Waals surface area contributed by atoms with Crippen LogP contribution in [-0.2, 0) is 13.1 Å². The number of nitrogens with one attached hydrogen (secondary N) is 1. The number of nitrogens with two attached hydrogens (primary N) is 1. The number of nitrogen functional groups attached to an aromatic ring is 1. The van der Waals surface area contributed by atoms with Gasteiger partial charge < -0.3 is 15.6 Å². The van der Waals surface area contributed by atoms with Crippen molar-refractivity contribution in [3.8, 4) is 0 Å². The summed E-state index contributed by atoms with van der Waals surface area (Å²) in [6.07, 6.45) is 0. The van der Waals surface area contributed by atoms with Crippen molar-refractivity contribution in [2.75, 3.05) is 5.73 Å². The molecule has 4 heteroatoms. The first-order chi connectivity index (χ1) is 7.74. The zero-order valence-corrected chi connectivity index (χ0v) is 9.23. The highest BCUT2D eigenvalue weighted by atomic mass is 16.5. The van der Waals surface area contributed by atoms with Gasteiger partial charge in [0.25, 0.3) is 0 Å². The maximum atomic E-state index is 5.69. The van der Waals surface area contributed by atoms with Crippen LogP contribution in [0.4, 0.5) is 5.69 Å². The minimum atomic E-state index is 0.701. The van der Waals surface area contributed by atoms with E-state index in [1.165, 1.54) is 5.56 Å². The van der Waals surface area contributed by atoms with Gasteiger partial charge in [-0.2, -0.15) is 0 Å². The molecule has 1 heterocycles. The van der Waals surface area contributed by atoms with E-state index in [4.69, 9.17) is 10.3 Å². The summed E-state index contributed by atoms with van der Waals surface area (Å²) in [5, 5.41) is 7.18. The number of benzene rings is 1. The molecule has 0 aliphatic rings. The van der Waals surface area contributed by atoms with E-state index in [0.29, 0.717) is 6.54 Å². The Bertz CT molecular complexity index is 465. The second kappa shape index (κ2) is 4.81. The summed E-state index contributed by atoms with van der Waals surface area (Å²) >= 11 is 0. The van der Waals surface area contributed by atoms with E-state index in [1.807, 2.05) is 37.3 Å². The first-order valence-corrected chi connectivity index (χ1v) is 5.21. The Kier molecular flexibility index (Phi) is 3.22. The zero-order chi connectivity index (χ0) is 11.4. The van der Waals surface area contributed by atoms with Gasteiger partial charge in [0.05, 0.1) is 5.69 Å². The highest BCUT2D eigenvalue weighted by Crippen LogP contribution is 2.06. The standard InChI is InChI=1S/C12H15N3O/c1-9-5-12(15-16-9)8-14-7-10-3-2-4-11(13)6-10/h2-6,14H,7-8,13H2,1H3. The van der Waals surface area contributed by atoms with Gasteiger partial charge >= 0.3 is 0 Å². The number of aryl methyl sites for hydroxylation is 1. The smallest absolute Gasteiger partial charge is 0.133 e. The Labute approximate surface area is 94.4 Å². The van der Waals surface area contributed by atoms with Crippen LogP contribution in [0.1, 0.15) is 17.0 Å². The molecule has 0 aliphatic heterocycles. The Balaban J connectivity index is 1.84. The van der Waals surface area contributed by atoms with Gasteiger partial charge in [-0.05, 0) is 24.6 Å². The third-order valence-electron chi connectivity index (χ3n) is 2.26. The third-order valence-corrected chi connectivity index (χ3v) is 2.26. The van der Waals surface area contributed by atoms with Gasteiger partial charge in [-0.25, -0.2) is 0 Å². The molecular formula is C12H15N3O. The Morgan fingerprint density at radius 3 is 2.88 bits per heavy atom. The van der Waals surface area contributed by atoms with Gasteiger partial charge in [0.1, 0.15) is 5.76 Å². The molecule has 1 aromatic carbocycles. The predicted molar refractivity (Wildman–Crippen MR) is 62.6 cm³/mol. The molecule has 3 N–H and O–H groups in total. The first kappa shape index (κ1) is 10.7. The molecule has 0 bridgehead atoms. The minimum absolute atomic E-state index is 0.701. The molecule has 0 unspecified atom stereocenters. The summed E-state index contributed by atoms with van der Waals surface area (Å²) in [6, 6.07) is 9.75. The van der Waals surface area contributed by atoms with E-state index < -0.39 is 0 Å². The molecule has 0 spiro atoms. The van der Waals surface area contributed by atoms with Crippen LogP contribution < -0.4 is 11.1 Å². The average Bonchev–Trinajstić information content (AvgIpc) is 2.64. The molecule has 0 atom stereocenters. The van der Waals surface area contributed by atoms with E-state index in [1.54, 1.807) is 0 Å². The number of rotatable bonds is 4. The van der Waals surface area contributed by atoms with Crippen LogP contribution >= 0.6 is 0 Å². The van der Waals surface area contributed by atoms with Crippen molar-refractivity contribution in [2.45, 2.75) is 20.0 Å². The lowest BCUT2D eigenvalue weighted by Crippen LogP contribution is -2.12. The monoisotopic (exact) mass is 217 g/mol. The molecule has 0 saturated heterocycles. The third kappa shape index (κ3) is 2.84. The minimum Gasteiger partial charge on any atom is -0.399 e. The van der Waals surface area contributed by atoms with E-state index in [9.17, 15) is 0 Å². The van der Waals surface area contributed by atoms with Gasteiger partial charge in [-0.3, -0.25) is 0 Å². The lowest BCUT2D eigenvalue weighted by molar-refractivity contribution is 0.388. The van der Waals surface area contributed by atoms with Crippen LogP contribution in [0.2, 0.25) is 0 Å². The maximum Gasteiger partial charge on any atom is 0.133 e. The summed E-state index contributed by atoms with van der Waals surface area (Å²) < 4.78 is 4.98. The summed E-state index contributed by atoms with van der Waals surface area (Å²) in [5.74, 6) is 0.834. The highest BCUT2D eigenvalue weighted by molar-refractivity contribution is 5.40. The van der Waals surface area contributed by atoms with Crippen molar-refractivity contribution in [2.24, 2.45) is 0 Å². The van der Waals surface area contributed by atoms with Gasteiger partial charge in [-0.15, -0.1) is 0 Å². The average molecular weight is 217 g/mol. The van der Waals surface area contributed by atoms with Crippen LogP contribution in [0.3, 0.4) is 0 Å². The lowest BCUT2D eigenvalue weighted by atomic mass is 10.2. The molecular weight excluding hydrogens is 202 g/mol. The lowest BCUT2D eigenvalue weighted by Gasteiger charge is -2.03. The van der Waals surface area contributed by atoms with Crippen molar-refractivity contribution in [1.82, 2.24) is 10.5 Å². The molecule has 2 aromatic rings. The van der Waals surface area contributed by atoms with Crippen LogP contribution in [0.5, 0.6) is 0 Å². The highest BCUT2D eigenvalue weighted by Gasteiger charge is 1.99. The van der Waals surface area contributed by atoms with Crippen LogP contribution in [0.25, 0.3) is 0 Å². The van der Waals surface area contributed by atoms with Crippen LogP contribution in [-0.4, -0.2) is 5.16 Å². The topological polar surface area (TPSA) is 64.1 Å². The van der Waals surface area contributed by atoms with Crippen molar-refractivity contribution >= 4 is 5.69 Å². The number of nitrogens with zero attached hydrogens (tertiary/aromatic N) is 1. The van der Waals surface area contributed by atoms with E-state index in [2.05, 4.69) is 10.5 Å². The Hall–Kier alpha value is -1.81. The fourth-order valence-corrected chi connectivity index (χ4v) is 1.54. The Morgan fingerprint density at radius 2 is 2.19 bits per heavy atom. The number of hydrogen-bond acceptors (Lipinski definition) is 4. The van der Waals surface area contributed by atoms with E-state index in [-0.39, 0.29) is 0 Å². The summed E-state index contributed by atoms with van der Waals surface area (Å²) in [4.78, 5) is 0. The number of aromatic nitrogens is 1. The SMILES string of the molecule is Cc1cc(CNCc2cccc(N)c2)no1. The normalized spacial score (nSPS) is 10.6. The number of anilines is 1. The van der Waals surface area contributed by atoms with Crippen molar-refractivity contribution in [3.05, 3.63) is 47.3 Å². The summed E-state index contributed by atoms with van der Waals surface area (Å²) in [6.45, 7) is 3.36. The van der Waals surface area contributed by atoms with E-state index in [0.717, 1.165) is 23.7 Å². The summed E-state index contributed by atoms with van der Waals surface area (Å²) in [7, 11) is 0. The van der Waals surface area contributed by atoms with Crippen molar-refractivity contribution in [3.63, 3.8) is 0 Å². The largest absolute Gasteiger partial charge is 0.399 e. The van der Waals surface area contributed by atoms with Gasteiger partial charge in [0, 0.05) is 24.8 Å². The fourth-order valence-electron chi connectivity index (χ4n) is 1.54. The molecule has 0 aliphatic carbocycles. The van der Waals surface area contributed by atoms with Gasteiger partial charge in [0.2, 0.25) is 0 Å². The molecule has 84 valence electrons. The molecule has 2 rings (SSSR count). The molecule has 4 nitrogen and oxygen atoms in total. The molecule has 16 heavy (non-hydrogen) atoms. The predicted octanol–water partition coefficient (Wildman–Crippen LogP) is 1.86.